The van der Waals surface area contributed by atoms with Gasteiger partial charge in [-0.1, -0.05) is 30.4 Å². The van der Waals surface area contributed by atoms with Gasteiger partial charge in [0.15, 0.2) is 0 Å². The van der Waals surface area contributed by atoms with Gasteiger partial charge in [0.1, 0.15) is 0 Å². The molecule has 1 aromatic rings. The number of rotatable bonds is 3. The summed E-state index contributed by atoms with van der Waals surface area (Å²) < 4.78 is 0. The highest BCUT2D eigenvalue weighted by Crippen LogP contribution is 2.11. The summed E-state index contributed by atoms with van der Waals surface area (Å²) >= 11 is 4.15. The van der Waals surface area contributed by atoms with Crippen LogP contribution in [0.25, 0.3) is 6.08 Å². The molecule has 0 radical (unpaired) electrons. The van der Waals surface area contributed by atoms with Gasteiger partial charge in [-0.2, -0.15) is 12.6 Å². The lowest BCUT2D eigenvalue weighted by atomic mass is 10.1. The summed E-state index contributed by atoms with van der Waals surface area (Å²) in [7, 11) is 0. The summed E-state index contributed by atoms with van der Waals surface area (Å²) in [5, 5.41) is 0. The van der Waals surface area contributed by atoms with Gasteiger partial charge < -0.3 is 0 Å². The van der Waals surface area contributed by atoms with Crippen LogP contribution in [0.4, 0.5) is 0 Å². The van der Waals surface area contributed by atoms with Crippen molar-refractivity contribution in [1.29, 1.82) is 0 Å². The van der Waals surface area contributed by atoms with Gasteiger partial charge in [0.05, 0.1) is 0 Å². The van der Waals surface area contributed by atoms with Gasteiger partial charge >= 0.3 is 0 Å². The van der Waals surface area contributed by atoms with Crippen LogP contribution in [-0.4, -0.2) is 5.75 Å². The van der Waals surface area contributed by atoms with E-state index in [1.54, 1.807) is 0 Å². The second-order valence-electron chi connectivity index (χ2n) is 3.26. The average molecular weight is 192 g/mol. The van der Waals surface area contributed by atoms with Crippen LogP contribution >= 0.6 is 12.6 Å². The minimum Gasteiger partial charge on any atom is -0.179 e. The Hall–Kier alpha value is -0.690. The molecule has 1 aromatic carbocycles. The van der Waals surface area contributed by atoms with E-state index >= 15 is 0 Å². The lowest BCUT2D eigenvalue weighted by Crippen LogP contribution is -1.81. The molecule has 0 unspecified atom stereocenters. The third-order valence-corrected chi connectivity index (χ3v) is 2.40. The van der Waals surface area contributed by atoms with Crippen molar-refractivity contribution < 1.29 is 0 Å². The first kappa shape index (κ1) is 10.4. The van der Waals surface area contributed by atoms with Crippen LogP contribution in [0.2, 0.25) is 0 Å². The quantitative estimate of drug-likeness (QED) is 0.695. The Morgan fingerprint density at radius 3 is 2.62 bits per heavy atom. The third-order valence-electron chi connectivity index (χ3n) is 2.14. The zero-order valence-electron chi connectivity index (χ0n) is 8.25. The molecule has 0 nitrogen and oxygen atoms in total. The fraction of sp³-hybridized carbons (Fsp3) is 0.333. The van der Waals surface area contributed by atoms with Crippen LogP contribution in [0.5, 0.6) is 0 Å². The van der Waals surface area contributed by atoms with Crippen molar-refractivity contribution in [2.75, 3.05) is 5.75 Å². The molecule has 0 saturated carbocycles. The molecule has 0 aromatic heterocycles. The second kappa shape index (κ2) is 5.13. The molecule has 0 fully saturated rings. The van der Waals surface area contributed by atoms with Crippen LogP contribution < -0.4 is 0 Å². The molecule has 0 atom stereocenters. The van der Waals surface area contributed by atoms with E-state index < -0.39 is 0 Å². The van der Waals surface area contributed by atoms with E-state index in [2.05, 4.69) is 56.8 Å². The van der Waals surface area contributed by atoms with Gasteiger partial charge in [0.25, 0.3) is 0 Å². The molecular formula is C12H16S. The standard InChI is InChI=1S/C12H16S/c1-10-6-7-12(9-11(10)2)5-3-4-8-13/h3,5-7,9,13H,4,8H2,1-2H3. The Morgan fingerprint density at radius 1 is 1.23 bits per heavy atom. The van der Waals surface area contributed by atoms with E-state index in [0.717, 1.165) is 12.2 Å². The maximum absolute atomic E-state index is 4.15. The molecule has 0 aliphatic heterocycles. The van der Waals surface area contributed by atoms with Gasteiger partial charge in [-0.05, 0) is 42.7 Å². The molecular weight excluding hydrogens is 176 g/mol. The van der Waals surface area contributed by atoms with Gasteiger partial charge in [0.2, 0.25) is 0 Å². The third kappa shape index (κ3) is 3.27. The highest BCUT2D eigenvalue weighted by molar-refractivity contribution is 7.80. The molecule has 0 amide bonds. The highest BCUT2D eigenvalue weighted by atomic mass is 32.1. The van der Waals surface area contributed by atoms with Gasteiger partial charge in [-0.25, -0.2) is 0 Å². The highest BCUT2D eigenvalue weighted by Gasteiger charge is 1.91. The maximum Gasteiger partial charge on any atom is -0.00632 e. The average Bonchev–Trinajstić information content (AvgIpc) is 2.12. The Labute approximate surface area is 86.1 Å². The minimum absolute atomic E-state index is 0.918. The normalized spacial score (nSPS) is 11.0. The SMILES string of the molecule is Cc1ccc(C=CCCS)cc1C. The molecule has 0 heterocycles. The van der Waals surface area contributed by atoms with Crippen molar-refractivity contribution in [2.24, 2.45) is 0 Å². The van der Waals surface area contributed by atoms with Gasteiger partial charge in [0, 0.05) is 0 Å². The molecule has 13 heavy (non-hydrogen) atoms. The van der Waals surface area contributed by atoms with E-state index in [0.29, 0.717) is 0 Å². The van der Waals surface area contributed by atoms with Crippen molar-refractivity contribution in [2.45, 2.75) is 20.3 Å². The van der Waals surface area contributed by atoms with Crippen LogP contribution in [0, 0.1) is 13.8 Å². The topological polar surface area (TPSA) is 0 Å². The van der Waals surface area contributed by atoms with E-state index in [1.807, 2.05) is 0 Å². The van der Waals surface area contributed by atoms with Crippen molar-refractivity contribution in [1.82, 2.24) is 0 Å². The molecule has 0 aliphatic carbocycles. The lowest BCUT2D eigenvalue weighted by molar-refractivity contribution is 1.26. The first-order valence-corrected chi connectivity index (χ1v) is 5.22. The first-order valence-electron chi connectivity index (χ1n) is 4.58. The number of thiol groups is 1. The number of allylic oxidation sites excluding steroid dienone is 1. The van der Waals surface area contributed by atoms with E-state index in [-0.39, 0.29) is 0 Å². The number of aryl methyl sites for hydroxylation is 2. The Balaban J connectivity index is 2.73. The molecule has 0 bridgehead atoms. The van der Waals surface area contributed by atoms with Crippen LogP contribution in [-0.2, 0) is 0 Å². The minimum atomic E-state index is 0.918. The first-order chi connectivity index (χ1) is 6.24. The Kier molecular flexibility index (Phi) is 4.10. The van der Waals surface area contributed by atoms with Gasteiger partial charge in [-0.3, -0.25) is 0 Å². The summed E-state index contributed by atoms with van der Waals surface area (Å²) in [5.74, 6) is 0.918. The number of benzene rings is 1. The van der Waals surface area contributed by atoms with Crippen molar-refractivity contribution in [3.63, 3.8) is 0 Å². The molecule has 1 rings (SSSR count). The van der Waals surface area contributed by atoms with Crippen molar-refractivity contribution in [3.05, 3.63) is 41.0 Å². The fourth-order valence-electron chi connectivity index (χ4n) is 1.16. The largest absolute Gasteiger partial charge is 0.179 e. The van der Waals surface area contributed by atoms with Crippen molar-refractivity contribution in [3.8, 4) is 0 Å². The van der Waals surface area contributed by atoms with E-state index in [1.165, 1.54) is 16.7 Å². The maximum atomic E-state index is 4.15. The van der Waals surface area contributed by atoms with Gasteiger partial charge in [-0.15, -0.1) is 0 Å². The fourth-order valence-corrected chi connectivity index (χ4v) is 1.31. The molecule has 0 aliphatic rings. The predicted octanol–water partition coefficient (Wildman–Crippen LogP) is 3.64. The Bertz CT molecular complexity index is 300. The second-order valence-corrected chi connectivity index (χ2v) is 3.71. The van der Waals surface area contributed by atoms with Crippen LogP contribution in [0.3, 0.4) is 0 Å². The van der Waals surface area contributed by atoms with E-state index in [4.69, 9.17) is 0 Å². The van der Waals surface area contributed by atoms with Crippen molar-refractivity contribution >= 4 is 18.7 Å². The predicted molar refractivity (Wildman–Crippen MR) is 63.4 cm³/mol. The summed E-state index contributed by atoms with van der Waals surface area (Å²) in [5.41, 5.74) is 3.99. The summed E-state index contributed by atoms with van der Waals surface area (Å²) in [6.45, 7) is 4.28. The van der Waals surface area contributed by atoms with Crippen LogP contribution in [0.1, 0.15) is 23.1 Å². The summed E-state index contributed by atoms with van der Waals surface area (Å²) in [6, 6.07) is 6.53. The number of hydrogen-bond donors (Lipinski definition) is 1. The molecule has 0 N–H and O–H groups in total. The van der Waals surface area contributed by atoms with Crippen LogP contribution in [0.15, 0.2) is 24.3 Å². The molecule has 0 saturated heterocycles. The monoisotopic (exact) mass is 192 g/mol. The molecule has 1 heteroatoms. The summed E-state index contributed by atoms with van der Waals surface area (Å²) in [4.78, 5) is 0. The zero-order valence-corrected chi connectivity index (χ0v) is 9.14. The van der Waals surface area contributed by atoms with E-state index in [9.17, 15) is 0 Å². The summed E-state index contributed by atoms with van der Waals surface area (Å²) in [6.07, 6.45) is 5.36. The number of hydrogen-bond acceptors (Lipinski definition) is 1. The Morgan fingerprint density at radius 2 is 2.00 bits per heavy atom. The smallest absolute Gasteiger partial charge is 0.00632 e. The zero-order chi connectivity index (χ0) is 9.68. The molecule has 0 spiro atoms. The molecule has 70 valence electrons. The lowest BCUT2D eigenvalue weighted by Gasteiger charge is -2.00.